The molecule has 0 radical (unpaired) electrons. The van der Waals surface area contributed by atoms with Crippen molar-refractivity contribution < 1.29 is 19.4 Å². The zero-order valence-corrected chi connectivity index (χ0v) is 10.4. The predicted octanol–water partition coefficient (Wildman–Crippen LogP) is -0.169. The van der Waals surface area contributed by atoms with Crippen LogP contribution in [0.25, 0.3) is 0 Å². The molecule has 0 aromatic rings. The predicted molar refractivity (Wildman–Crippen MR) is 64.2 cm³/mol. The van der Waals surface area contributed by atoms with Crippen molar-refractivity contribution in [1.82, 2.24) is 10.2 Å². The van der Waals surface area contributed by atoms with Crippen LogP contribution in [0.4, 0.5) is 0 Å². The molecular formula is C12H20N2O4. The van der Waals surface area contributed by atoms with Gasteiger partial charge in [0.2, 0.25) is 5.91 Å². The molecule has 1 unspecified atom stereocenters. The summed E-state index contributed by atoms with van der Waals surface area (Å²) in [5.41, 5.74) is 0. The van der Waals surface area contributed by atoms with Crippen molar-refractivity contribution in [2.75, 3.05) is 26.3 Å². The van der Waals surface area contributed by atoms with Crippen LogP contribution in [0.5, 0.6) is 0 Å². The van der Waals surface area contributed by atoms with Gasteiger partial charge in [0.25, 0.3) is 0 Å². The number of carboxylic acids is 1. The molecular weight excluding hydrogens is 236 g/mol. The van der Waals surface area contributed by atoms with E-state index in [9.17, 15) is 9.59 Å². The third-order valence-electron chi connectivity index (χ3n) is 3.29. The van der Waals surface area contributed by atoms with Gasteiger partial charge in [-0.1, -0.05) is 0 Å². The first kappa shape index (κ1) is 13.3. The maximum Gasteiger partial charge on any atom is 0.305 e. The molecule has 2 N–H and O–H groups in total. The van der Waals surface area contributed by atoms with Crippen LogP contribution in [0.1, 0.15) is 25.7 Å². The van der Waals surface area contributed by atoms with Gasteiger partial charge in [-0.3, -0.25) is 9.59 Å². The third kappa shape index (κ3) is 3.96. The standard InChI is InChI=1S/C12H20N2O4/c15-11(7-9-8-18-6-4-13-9)14(10-1-2-10)5-3-12(16)17/h9-10,13H,1-8H2,(H,16,17). The van der Waals surface area contributed by atoms with Crippen LogP contribution in [0.2, 0.25) is 0 Å². The molecule has 0 aromatic heterocycles. The minimum absolute atomic E-state index is 0.0246. The number of carbonyl (C=O) groups excluding carboxylic acids is 1. The minimum Gasteiger partial charge on any atom is -0.481 e. The molecule has 1 saturated carbocycles. The number of aliphatic carboxylic acids is 1. The lowest BCUT2D eigenvalue weighted by Crippen LogP contribution is -2.45. The number of carboxylic acid groups (broad SMARTS) is 1. The summed E-state index contributed by atoms with van der Waals surface area (Å²) in [7, 11) is 0. The summed E-state index contributed by atoms with van der Waals surface area (Å²) in [5, 5.41) is 11.9. The normalized spacial score (nSPS) is 23.7. The molecule has 6 heteroatoms. The smallest absolute Gasteiger partial charge is 0.305 e. The zero-order valence-electron chi connectivity index (χ0n) is 10.4. The van der Waals surface area contributed by atoms with Gasteiger partial charge in [0, 0.05) is 31.6 Å². The Labute approximate surface area is 106 Å². The monoisotopic (exact) mass is 256 g/mol. The lowest BCUT2D eigenvalue weighted by Gasteiger charge is -2.27. The summed E-state index contributed by atoms with van der Waals surface area (Å²) in [6, 6.07) is 0.332. The molecule has 0 bridgehead atoms. The molecule has 0 aromatic carbocycles. The fraction of sp³-hybridized carbons (Fsp3) is 0.833. The zero-order chi connectivity index (χ0) is 13.0. The molecule has 1 aliphatic heterocycles. The minimum atomic E-state index is -0.854. The molecule has 1 atom stereocenters. The van der Waals surface area contributed by atoms with Crippen LogP contribution in [-0.2, 0) is 14.3 Å². The maximum atomic E-state index is 12.1. The highest BCUT2D eigenvalue weighted by molar-refractivity contribution is 5.78. The van der Waals surface area contributed by atoms with E-state index < -0.39 is 5.97 Å². The molecule has 0 spiro atoms. The number of morpholine rings is 1. The van der Waals surface area contributed by atoms with Gasteiger partial charge in [0.15, 0.2) is 0 Å². The van der Waals surface area contributed by atoms with Crippen LogP contribution in [0.3, 0.4) is 0 Å². The van der Waals surface area contributed by atoms with Gasteiger partial charge in [-0.05, 0) is 12.8 Å². The highest BCUT2D eigenvalue weighted by atomic mass is 16.5. The Kier molecular flexibility index (Phi) is 4.54. The van der Waals surface area contributed by atoms with Crippen molar-refractivity contribution in [2.45, 2.75) is 37.8 Å². The van der Waals surface area contributed by atoms with Gasteiger partial charge >= 0.3 is 5.97 Å². The average molecular weight is 256 g/mol. The Hall–Kier alpha value is -1.14. The molecule has 1 heterocycles. The molecule has 2 aliphatic rings. The van der Waals surface area contributed by atoms with E-state index in [2.05, 4.69) is 5.32 Å². The van der Waals surface area contributed by atoms with Crippen molar-refractivity contribution in [3.8, 4) is 0 Å². The average Bonchev–Trinajstić information content (AvgIpc) is 3.14. The molecule has 2 fully saturated rings. The number of hydrogen-bond donors (Lipinski definition) is 2. The third-order valence-corrected chi connectivity index (χ3v) is 3.29. The second-order valence-corrected chi connectivity index (χ2v) is 4.89. The lowest BCUT2D eigenvalue weighted by atomic mass is 10.1. The fourth-order valence-electron chi connectivity index (χ4n) is 2.19. The second kappa shape index (κ2) is 6.15. The van der Waals surface area contributed by atoms with Gasteiger partial charge in [0.05, 0.1) is 19.6 Å². The summed E-state index contributed by atoms with van der Waals surface area (Å²) in [4.78, 5) is 24.5. The van der Waals surface area contributed by atoms with Crippen molar-refractivity contribution >= 4 is 11.9 Å². The summed E-state index contributed by atoms with van der Waals surface area (Å²) in [6.45, 7) is 2.35. The topological polar surface area (TPSA) is 78.9 Å². The SMILES string of the molecule is O=C(O)CCN(C(=O)CC1COCCN1)C1CC1. The van der Waals surface area contributed by atoms with Crippen LogP contribution in [0.15, 0.2) is 0 Å². The van der Waals surface area contributed by atoms with Crippen LogP contribution < -0.4 is 5.32 Å². The molecule has 18 heavy (non-hydrogen) atoms. The van der Waals surface area contributed by atoms with E-state index in [0.29, 0.717) is 26.2 Å². The molecule has 102 valence electrons. The van der Waals surface area contributed by atoms with Gasteiger partial charge in [-0.2, -0.15) is 0 Å². The molecule has 6 nitrogen and oxygen atoms in total. The summed E-state index contributed by atoms with van der Waals surface area (Å²) >= 11 is 0. The molecule has 1 aliphatic carbocycles. The summed E-state index contributed by atoms with van der Waals surface area (Å²) in [5.74, 6) is -0.811. The number of nitrogens with one attached hydrogen (secondary N) is 1. The van der Waals surface area contributed by atoms with E-state index in [1.54, 1.807) is 4.90 Å². The van der Waals surface area contributed by atoms with Crippen LogP contribution in [-0.4, -0.2) is 60.3 Å². The first-order valence-electron chi connectivity index (χ1n) is 6.49. The Morgan fingerprint density at radius 3 is 2.72 bits per heavy atom. The van der Waals surface area contributed by atoms with E-state index in [1.165, 1.54) is 0 Å². The van der Waals surface area contributed by atoms with Gasteiger partial charge < -0.3 is 20.1 Å². The number of ether oxygens (including phenoxy) is 1. The lowest BCUT2D eigenvalue weighted by molar-refractivity contribution is -0.139. The number of carbonyl (C=O) groups is 2. The number of amides is 1. The fourth-order valence-corrected chi connectivity index (χ4v) is 2.19. The Bertz CT molecular complexity index is 311. The van der Waals surface area contributed by atoms with Crippen molar-refractivity contribution in [2.24, 2.45) is 0 Å². The highest BCUT2D eigenvalue weighted by Gasteiger charge is 2.33. The molecule has 1 amide bonds. The van der Waals surface area contributed by atoms with Crippen molar-refractivity contribution in [3.05, 3.63) is 0 Å². The van der Waals surface area contributed by atoms with E-state index in [0.717, 1.165) is 19.4 Å². The van der Waals surface area contributed by atoms with Gasteiger partial charge in [-0.25, -0.2) is 0 Å². The number of rotatable bonds is 6. The Balaban J connectivity index is 1.81. The van der Waals surface area contributed by atoms with E-state index >= 15 is 0 Å². The quantitative estimate of drug-likeness (QED) is 0.690. The first-order valence-corrected chi connectivity index (χ1v) is 6.49. The number of hydrogen-bond acceptors (Lipinski definition) is 4. The molecule has 2 rings (SSSR count). The maximum absolute atomic E-state index is 12.1. The Morgan fingerprint density at radius 1 is 1.39 bits per heavy atom. The van der Waals surface area contributed by atoms with Crippen molar-refractivity contribution in [3.63, 3.8) is 0 Å². The second-order valence-electron chi connectivity index (χ2n) is 4.89. The van der Waals surface area contributed by atoms with Gasteiger partial charge in [-0.15, -0.1) is 0 Å². The van der Waals surface area contributed by atoms with Gasteiger partial charge in [0.1, 0.15) is 0 Å². The first-order chi connectivity index (χ1) is 8.66. The number of nitrogens with zero attached hydrogens (tertiary/aromatic N) is 1. The van der Waals surface area contributed by atoms with Crippen molar-refractivity contribution in [1.29, 1.82) is 0 Å². The van der Waals surface area contributed by atoms with Crippen LogP contribution in [0, 0.1) is 0 Å². The summed E-state index contributed by atoms with van der Waals surface area (Å²) in [6.07, 6.45) is 2.42. The van der Waals surface area contributed by atoms with E-state index in [1.807, 2.05) is 0 Å². The highest BCUT2D eigenvalue weighted by Crippen LogP contribution is 2.27. The Morgan fingerprint density at radius 2 is 2.17 bits per heavy atom. The molecule has 1 saturated heterocycles. The summed E-state index contributed by atoms with van der Waals surface area (Å²) < 4.78 is 5.31. The van der Waals surface area contributed by atoms with E-state index in [4.69, 9.17) is 9.84 Å². The largest absolute Gasteiger partial charge is 0.481 e. The van der Waals surface area contributed by atoms with E-state index in [-0.39, 0.29) is 24.4 Å². The van der Waals surface area contributed by atoms with Crippen LogP contribution >= 0.6 is 0 Å².